The maximum atomic E-state index is 11.9. The van der Waals surface area contributed by atoms with Crippen LogP contribution in [0.5, 0.6) is 0 Å². The van der Waals surface area contributed by atoms with Gasteiger partial charge in [-0.1, -0.05) is 6.92 Å². The fourth-order valence-electron chi connectivity index (χ4n) is 2.00. The zero-order valence-corrected chi connectivity index (χ0v) is 11.8. The Hall–Kier alpha value is -0.260. The van der Waals surface area contributed by atoms with Gasteiger partial charge in [-0.2, -0.15) is 11.8 Å². The van der Waals surface area contributed by atoms with E-state index in [-0.39, 0.29) is 5.91 Å². The van der Waals surface area contributed by atoms with E-state index in [4.69, 9.17) is 0 Å². The number of nitrogens with zero attached hydrogens (tertiary/aromatic N) is 1. The van der Waals surface area contributed by atoms with Crippen LogP contribution in [0, 0.1) is 0 Å². The summed E-state index contributed by atoms with van der Waals surface area (Å²) < 4.78 is 0. The molecular weight excluding hydrogens is 234 g/mol. The highest BCUT2D eigenvalue weighted by Gasteiger charge is 2.15. The monoisotopic (exact) mass is 259 g/mol. The average molecular weight is 259 g/mol. The normalized spacial score (nSPS) is 19.6. The van der Waals surface area contributed by atoms with Gasteiger partial charge in [0.05, 0.1) is 6.54 Å². The maximum absolute atomic E-state index is 11.9. The number of rotatable bonds is 6. The Balaban J connectivity index is 2.26. The van der Waals surface area contributed by atoms with Crippen molar-refractivity contribution < 1.29 is 4.79 Å². The van der Waals surface area contributed by atoms with Crippen LogP contribution in [0.3, 0.4) is 0 Å². The smallest absolute Gasteiger partial charge is 0.234 e. The fraction of sp³-hybridized carbons (Fsp3) is 0.917. The standard InChI is InChI=1S/C12H25N3OS/c1-3-11(10-17-2)14-12(16)9-15-7-4-5-13-6-8-15/h11,13H,3-10H2,1-2H3,(H,14,16). The third-order valence-corrected chi connectivity index (χ3v) is 3.76. The molecule has 5 heteroatoms. The summed E-state index contributed by atoms with van der Waals surface area (Å²) in [5, 5.41) is 6.46. The summed E-state index contributed by atoms with van der Waals surface area (Å²) in [5.41, 5.74) is 0. The molecule has 1 atom stereocenters. The molecular formula is C12H25N3OS. The van der Waals surface area contributed by atoms with Gasteiger partial charge in [0.15, 0.2) is 0 Å². The van der Waals surface area contributed by atoms with Crippen molar-refractivity contribution in [2.24, 2.45) is 0 Å². The van der Waals surface area contributed by atoms with Crippen LogP contribution < -0.4 is 10.6 Å². The SMILES string of the molecule is CCC(CSC)NC(=O)CN1CCCNCC1. The van der Waals surface area contributed by atoms with Crippen molar-refractivity contribution in [2.45, 2.75) is 25.8 Å². The second-order valence-corrected chi connectivity index (χ2v) is 5.42. The molecule has 1 aliphatic heterocycles. The van der Waals surface area contributed by atoms with Gasteiger partial charge in [0, 0.05) is 24.9 Å². The molecule has 1 saturated heterocycles. The largest absolute Gasteiger partial charge is 0.351 e. The van der Waals surface area contributed by atoms with Gasteiger partial charge < -0.3 is 10.6 Å². The molecule has 0 bridgehead atoms. The molecule has 1 amide bonds. The summed E-state index contributed by atoms with van der Waals surface area (Å²) in [6, 6.07) is 0.322. The Labute approximate surface area is 109 Å². The minimum Gasteiger partial charge on any atom is -0.351 e. The first-order chi connectivity index (χ1) is 8.26. The first-order valence-corrected chi connectivity index (χ1v) is 7.87. The van der Waals surface area contributed by atoms with Crippen molar-refractivity contribution in [1.82, 2.24) is 15.5 Å². The van der Waals surface area contributed by atoms with Gasteiger partial charge in [-0.05, 0) is 32.2 Å². The molecule has 100 valence electrons. The van der Waals surface area contributed by atoms with Gasteiger partial charge in [0.1, 0.15) is 0 Å². The minimum atomic E-state index is 0.174. The number of hydrogen-bond acceptors (Lipinski definition) is 4. The van der Waals surface area contributed by atoms with E-state index >= 15 is 0 Å². The van der Waals surface area contributed by atoms with Crippen molar-refractivity contribution in [2.75, 3.05) is 44.7 Å². The van der Waals surface area contributed by atoms with E-state index in [1.165, 1.54) is 0 Å². The number of carbonyl (C=O) groups is 1. The zero-order valence-electron chi connectivity index (χ0n) is 11.0. The van der Waals surface area contributed by atoms with Gasteiger partial charge in [-0.25, -0.2) is 0 Å². The number of hydrogen-bond donors (Lipinski definition) is 2. The Bertz CT molecular complexity index is 218. The summed E-state index contributed by atoms with van der Waals surface area (Å²) in [7, 11) is 0. The third-order valence-electron chi connectivity index (χ3n) is 3.03. The Morgan fingerprint density at radius 2 is 2.29 bits per heavy atom. The Morgan fingerprint density at radius 3 is 3.00 bits per heavy atom. The number of amides is 1. The summed E-state index contributed by atoms with van der Waals surface area (Å²) >= 11 is 1.79. The van der Waals surface area contributed by atoms with Gasteiger partial charge in [0.2, 0.25) is 5.91 Å². The summed E-state index contributed by atoms with van der Waals surface area (Å²) in [6.45, 7) is 6.74. The van der Waals surface area contributed by atoms with Crippen molar-refractivity contribution in [3.05, 3.63) is 0 Å². The lowest BCUT2D eigenvalue weighted by atomic mass is 10.2. The topological polar surface area (TPSA) is 44.4 Å². The maximum Gasteiger partial charge on any atom is 0.234 e. The highest BCUT2D eigenvalue weighted by Crippen LogP contribution is 2.01. The van der Waals surface area contributed by atoms with Crippen LogP contribution in [0.15, 0.2) is 0 Å². The zero-order chi connectivity index (χ0) is 12.5. The van der Waals surface area contributed by atoms with E-state index < -0.39 is 0 Å². The van der Waals surface area contributed by atoms with Crippen LogP contribution in [0.2, 0.25) is 0 Å². The molecule has 0 spiro atoms. The Kier molecular flexibility index (Phi) is 7.64. The first-order valence-electron chi connectivity index (χ1n) is 6.47. The van der Waals surface area contributed by atoms with Crippen LogP contribution >= 0.6 is 11.8 Å². The average Bonchev–Trinajstić information content (AvgIpc) is 2.57. The highest BCUT2D eigenvalue weighted by atomic mass is 32.2. The lowest BCUT2D eigenvalue weighted by molar-refractivity contribution is -0.122. The molecule has 0 aromatic heterocycles. The van der Waals surface area contributed by atoms with Crippen molar-refractivity contribution >= 4 is 17.7 Å². The molecule has 0 aliphatic carbocycles. The molecule has 2 N–H and O–H groups in total. The van der Waals surface area contributed by atoms with Crippen molar-refractivity contribution in [3.63, 3.8) is 0 Å². The summed E-state index contributed by atoms with van der Waals surface area (Å²) in [6.07, 6.45) is 4.22. The van der Waals surface area contributed by atoms with E-state index in [9.17, 15) is 4.79 Å². The molecule has 0 saturated carbocycles. The second kappa shape index (κ2) is 8.78. The Morgan fingerprint density at radius 1 is 1.47 bits per heavy atom. The lowest BCUT2D eigenvalue weighted by Crippen LogP contribution is -2.43. The lowest BCUT2D eigenvalue weighted by Gasteiger charge is -2.21. The fourth-order valence-corrected chi connectivity index (χ4v) is 2.72. The molecule has 1 fully saturated rings. The third kappa shape index (κ3) is 6.29. The molecule has 1 aliphatic rings. The molecule has 0 aromatic rings. The van der Waals surface area contributed by atoms with Crippen LogP contribution in [-0.4, -0.2) is 61.6 Å². The second-order valence-electron chi connectivity index (χ2n) is 4.51. The predicted octanol–water partition coefficient (Wildman–Crippen LogP) is 0.540. The highest BCUT2D eigenvalue weighted by molar-refractivity contribution is 7.98. The van der Waals surface area contributed by atoms with Crippen LogP contribution in [0.4, 0.5) is 0 Å². The minimum absolute atomic E-state index is 0.174. The molecule has 0 radical (unpaired) electrons. The van der Waals surface area contributed by atoms with E-state index in [1.807, 2.05) is 0 Å². The summed E-state index contributed by atoms with van der Waals surface area (Å²) in [4.78, 5) is 14.1. The van der Waals surface area contributed by atoms with Crippen LogP contribution in [0.25, 0.3) is 0 Å². The van der Waals surface area contributed by atoms with Crippen molar-refractivity contribution in [3.8, 4) is 0 Å². The van der Waals surface area contributed by atoms with Gasteiger partial charge in [-0.3, -0.25) is 9.69 Å². The molecule has 4 nitrogen and oxygen atoms in total. The molecule has 1 unspecified atom stereocenters. The predicted molar refractivity (Wildman–Crippen MR) is 74.5 cm³/mol. The van der Waals surface area contributed by atoms with E-state index in [0.29, 0.717) is 12.6 Å². The van der Waals surface area contributed by atoms with E-state index in [0.717, 1.165) is 44.8 Å². The van der Waals surface area contributed by atoms with E-state index in [1.54, 1.807) is 11.8 Å². The molecule has 1 rings (SSSR count). The number of carbonyl (C=O) groups excluding carboxylic acids is 1. The first kappa shape index (κ1) is 14.8. The van der Waals surface area contributed by atoms with E-state index in [2.05, 4.69) is 28.7 Å². The quantitative estimate of drug-likeness (QED) is 0.731. The van der Waals surface area contributed by atoms with Gasteiger partial charge in [0.25, 0.3) is 0 Å². The number of thioether (sulfide) groups is 1. The van der Waals surface area contributed by atoms with Crippen LogP contribution in [0.1, 0.15) is 19.8 Å². The molecule has 17 heavy (non-hydrogen) atoms. The molecule has 0 aromatic carbocycles. The van der Waals surface area contributed by atoms with Crippen molar-refractivity contribution in [1.29, 1.82) is 0 Å². The number of nitrogens with one attached hydrogen (secondary N) is 2. The van der Waals surface area contributed by atoms with Crippen LogP contribution in [-0.2, 0) is 4.79 Å². The summed E-state index contributed by atoms with van der Waals surface area (Å²) in [5.74, 6) is 1.18. The van der Waals surface area contributed by atoms with Gasteiger partial charge >= 0.3 is 0 Å². The molecule has 1 heterocycles. The van der Waals surface area contributed by atoms with Gasteiger partial charge in [-0.15, -0.1) is 0 Å².